The summed E-state index contributed by atoms with van der Waals surface area (Å²) in [5.74, 6) is -0.633. The zero-order chi connectivity index (χ0) is 38.9. The van der Waals surface area contributed by atoms with Crippen LogP contribution >= 0.6 is 0 Å². The van der Waals surface area contributed by atoms with Gasteiger partial charge >= 0.3 is 0 Å². The first-order chi connectivity index (χ1) is 25.8. The van der Waals surface area contributed by atoms with Crippen LogP contribution in [0.3, 0.4) is 0 Å². The number of hydrogen-bond acceptors (Lipinski definition) is 9. The van der Waals surface area contributed by atoms with Crippen molar-refractivity contribution in [1.29, 1.82) is 0 Å². The molecule has 1 rings (SSSR count). The zero-order valence-electron chi connectivity index (χ0n) is 33.4. The fourth-order valence-electron chi connectivity index (χ4n) is 6.49. The van der Waals surface area contributed by atoms with E-state index in [-0.39, 0.29) is 6.61 Å². The van der Waals surface area contributed by atoms with Crippen LogP contribution in [0.25, 0.3) is 0 Å². The fourth-order valence-corrected chi connectivity index (χ4v) is 6.49. The van der Waals surface area contributed by atoms with Crippen molar-refractivity contribution in [2.75, 3.05) is 13.2 Å². The summed E-state index contributed by atoms with van der Waals surface area (Å²) < 4.78 is 11.1. The number of amides is 1. The molecule has 0 saturated carbocycles. The highest BCUT2D eigenvalue weighted by molar-refractivity contribution is 5.80. The van der Waals surface area contributed by atoms with Crippen LogP contribution in [0.1, 0.15) is 168 Å². The SMILES string of the molecule is CCCCCCCCC/C=C/CC/C=C/CC/C=C/C(O)C(COC1OC(CO)C(O)C(O)C1O)NC(=O)C(O)CCCCCCCCCCCCC. The minimum atomic E-state index is -1.62. The monoisotopic (exact) mass is 754 g/mol. The van der Waals surface area contributed by atoms with Gasteiger partial charge in [-0.1, -0.05) is 159 Å². The summed E-state index contributed by atoms with van der Waals surface area (Å²) in [4.78, 5) is 13.0. The van der Waals surface area contributed by atoms with Gasteiger partial charge in [-0.25, -0.2) is 0 Å². The molecule has 0 spiro atoms. The van der Waals surface area contributed by atoms with Crippen molar-refractivity contribution in [2.45, 2.75) is 217 Å². The highest BCUT2D eigenvalue weighted by Gasteiger charge is 2.44. The molecular weight excluding hydrogens is 674 g/mol. The number of aliphatic hydroxyl groups excluding tert-OH is 6. The van der Waals surface area contributed by atoms with Gasteiger partial charge in [0.25, 0.3) is 0 Å². The number of carbonyl (C=O) groups is 1. The maximum Gasteiger partial charge on any atom is 0.249 e. The first-order valence-electron chi connectivity index (χ1n) is 21.3. The van der Waals surface area contributed by atoms with E-state index in [1.807, 2.05) is 6.08 Å². The maximum absolute atomic E-state index is 13.0. The van der Waals surface area contributed by atoms with Gasteiger partial charge in [0.2, 0.25) is 5.91 Å². The summed E-state index contributed by atoms with van der Waals surface area (Å²) in [6, 6.07) is -0.999. The molecule has 10 nitrogen and oxygen atoms in total. The van der Waals surface area contributed by atoms with Gasteiger partial charge in [0.05, 0.1) is 25.4 Å². The van der Waals surface area contributed by atoms with Crippen molar-refractivity contribution in [2.24, 2.45) is 0 Å². The van der Waals surface area contributed by atoms with Crippen molar-refractivity contribution in [1.82, 2.24) is 5.32 Å². The highest BCUT2D eigenvalue weighted by atomic mass is 16.7. The Bertz CT molecular complexity index is 943. The Balaban J connectivity index is 2.52. The molecule has 10 heteroatoms. The van der Waals surface area contributed by atoms with Gasteiger partial charge in [-0.3, -0.25) is 4.79 Å². The smallest absolute Gasteiger partial charge is 0.249 e. The molecule has 0 aromatic carbocycles. The quantitative estimate of drug-likeness (QED) is 0.0268. The van der Waals surface area contributed by atoms with E-state index >= 15 is 0 Å². The topological polar surface area (TPSA) is 169 Å². The number of carbonyl (C=O) groups excluding carboxylic acids is 1. The van der Waals surface area contributed by atoms with Crippen molar-refractivity contribution >= 4 is 5.91 Å². The van der Waals surface area contributed by atoms with E-state index < -0.39 is 61.5 Å². The van der Waals surface area contributed by atoms with Crippen molar-refractivity contribution in [3.63, 3.8) is 0 Å². The van der Waals surface area contributed by atoms with Gasteiger partial charge < -0.3 is 45.4 Å². The average molecular weight is 754 g/mol. The average Bonchev–Trinajstić information content (AvgIpc) is 3.16. The molecule has 8 unspecified atom stereocenters. The second kappa shape index (κ2) is 33.7. The van der Waals surface area contributed by atoms with E-state index in [0.717, 1.165) is 44.9 Å². The minimum absolute atomic E-state index is 0.302. The van der Waals surface area contributed by atoms with E-state index in [4.69, 9.17) is 9.47 Å². The predicted octanol–water partition coefficient (Wildman–Crippen LogP) is 7.08. The molecule has 0 aromatic rings. The molecule has 8 atom stereocenters. The second-order valence-electron chi connectivity index (χ2n) is 14.9. The molecule has 1 heterocycles. The van der Waals surface area contributed by atoms with Crippen molar-refractivity contribution in [3.05, 3.63) is 36.5 Å². The minimum Gasteiger partial charge on any atom is -0.394 e. The van der Waals surface area contributed by atoms with Gasteiger partial charge in [0.1, 0.15) is 30.5 Å². The Morgan fingerprint density at radius 2 is 1.11 bits per heavy atom. The van der Waals surface area contributed by atoms with Gasteiger partial charge in [0, 0.05) is 0 Å². The molecule has 53 heavy (non-hydrogen) atoms. The Labute approximate surface area is 322 Å². The summed E-state index contributed by atoms with van der Waals surface area (Å²) >= 11 is 0. The van der Waals surface area contributed by atoms with Crippen LogP contribution < -0.4 is 5.32 Å². The number of unbranched alkanes of at least 4 members (excludes halogenated alkanes) is 19. The molecule has 0 radical (unpaired) electrons. The third kappa shape index (κ3) is 24.5. The first-order valence-corrected chi connectivity index (χ1v) is 21.3. The van der Waals surface area contributed by atoms with Gasteiger partial charge in [-0.05, 0) is 44.9 Å². The van der Waals surface area contributed by atoms with Crippen LogP contribution in [0, 0.1) is 0 Å². The van der Waals surface area contributed by atoms with Crippen LogP contribution in [0.2, 0.25) is 0 Å². The molecule has 1 aliphatic rings. The molecule has 0 aliphatic carbocycles. The fraction of sp³-hybridized carbons (Fsp3) is 0.837. The summed E-state index contributed by atoms with van der Waals surface area (Å²) in [6.07, 6.45) is 29.5. The van der Waals surface area contributed by atoms with Crippen LogP contribution in [0.5, 0.6) is 0 Å². The second-order valence-corrected chi connectivity index (χ2v) is 14.9. The summed E-state index contributed by atoms with van der Waals surface area (Å²) in [5.41, 5.74) is 0. The van der Waals surface area contributed by atoms with Crippen LogP contribution in [-0.4, -0.2) is 98.7 Å². The van der Waals surface area contributed by atoms with E-state index in [0.29, 0.717) is 19.3 Å². The van der Waals surface area contributed by atoms with E-state index in [1.165, 1.54) is 89.9 Å². The first kappa shape index (κ1) is 49.4. The number of allylic oxidation sites excluding steroid dienone is 5. The van der Waals surface area contributed by atoms with Gasteiger partial charge in [-0.15, -0.1) is 0 Å². The largest absolute Gasteiger partial charge is 0.394 e. The number of hydrogen-bond donors (Lipinski definition) is 7. The summed E-state index contributed by atoms with van der Waals surface area (Å²) in [7, 11) is 0. The van der Waals surface area contributed by atoms with Crippen LogP contribution in [0.4, 0.5) is 0 Å². The Kier molecular flexibility index (Phi) is 31.4. The van der Waals surface area contributed by atoms with Crippen molar-refractivity contribution in [3.8, 4) is 0 Å². The number of nitrogens with one attached hydrogen (secondary N) is 1. The zero-order valence-corrected chi connectivity index (χ0v) is 33.4. The molecule has 1 saturated heterocycles. The Morgan fingerprint density at radius 1 is 0.642 bits per heavy atom. The Morgan fingerprint density at radius 3 is 1.64 bits per heavy atom. The lowest BCUT2D eigenvalue weighted by molar-refractivity contribution is -0.302. The summed E-state index contributed by atoms with van der Waals surface area (Å²) in [6.45, 7) is 3.54. The molecule has 7 N–H and O–H groups in total. The molecule has 1 fully saturated rings. The highest BCUT2D eigenvalue weighted by Crippen LogP contribution is 2.22. The predicted molar refractivity (Wildman–Crippen MR) is 213 cm³/mol. The molecule has 1 amide bonds. The molecular formula is C43H79NO9. The molecule has 0 bridgehead atoms. The Hall–Kier alpha value is -1.63. The number of rotatable bonds is 34. The van der Waals surface area contributed by atoms with Gasteiger partial charge in [0.15, 0.2) is 6.29 Å². The van der Waals surface area contributed by atoms with Crippen LogP contribution in [-0.2, 0) is 14.3 Å². The maximum atomic E-state index is 13.0. The summed E-state index contributed by atoms with van der Waals surface area (Å²) in [5, 5.41) is 64.4. The normalized spacial score (nSPS) is 22.6. The van der Waals surface area contributed by atoms with Gasteiger partial charge in [-0.2, -0.15) is 0 Å². The number of ether oxygens (including phenoxy) is 2. The lowest BCUT2D eigenvalue weighted by atomic mass is 9.99. The third-order valence-electron chi connectivity index (χ3n) is 10.1. The lowest BCUT2D eigenvalue weighted by Gasteiger charge is -2.40. The lowest BCUT2D eigenvalue weighted by Crippen LogP contribution is -2.60. The van der Waals surface area contributed by atoms with E-state index in [2.05, 4.69) is 43.5 Å². The van der Waals surface area contributed by atoms with Crippen molar-refractivity contribution < 1.29 is 44.9 Å². The number of aliphatic hydroxyl groups is 6. The van der Waals surface area contributed by atoms with E-state index in [1.54, 1.807) is 6.08 Å². The molecule has 1 aliphatic heterocycles. The molecule has 0 aromatic heterocycles. The van der Waals surface area contributed by atoms with E-state index in [9.17, 15) is 35.4 Å². The molecule has 310 valence electrons. The standard InChI is InChI=1S/C43H79NO9/c1-3-5-7-9-11-13-15-16-17-18-19-20-22-23-25-27-29-31-36(46)35(34-52-43-41(50)40(49)39(48)38(33-45)53-43)44-42(51)37(47)32-30-28-26-24-21-14-12-10-8-6-4-2/h17-18,22-23,29,31,35-41,43,45-50H,3-16,19-21,24-28,30,32-34H2,1-2H3,(H,44,51)/b18-17+,23-22+,31-29+. The van der Waals surface area contributed by atoms with Crippen LogP contribution in [0.15, 0.2) is 36.5 Å². The third-order valence-corrected chi connectivity index (χ3v) is 10.1.